The van der Waals surface area contributed by atoms with Gasteiger partial charge in [0.2, 0.25) is 0 Å². The lowest BCUT2D eigenvalue weighted by molar-refractivity contribution is -0.150. The summed E-state index contributed by atoms with van der Waals surface area (Å²) in [5.74, 6) is -0.740. The number of ketones is 1. The predicted molar refractivity (Wildman–Crippen MR) is 117 cm³/mol. The lowest BCUT2D eigenvalue weighted by Crippen LogP contribution is -2.41. The van der Waals surface area contributed by atoms with Crippen molar-refractivity contribution in [2.24, 2.45) is 23.7 Å². The third-order valence-corrected chi connectivity index (χ3v) is 10.9. The van der Waals surface area contributed by atoms with Gasteiger partial charge in [0.05, 0.1) is 19.1 Å². The van der Waals surface area contributed by atoms with Crippen LogP contribution in [0.3, 0.4) is 0 Å². The van der Waals surface area contributed by atoms with Crippen LogP contribution in [0.25, 0.3) is 0 Å². The molecule has 1 N–H and O–H groups in total. The molecule has 0 saturated heterocycles. The van der Waals surface area contributed by atoms with Gasteiger partial charge in [0.15, 0.2) is 8.32 Å². The van der Waals surface area contributed by atoms with E-state index in [1.54, 1.807) is 6.92 Å². The van der Waals surface area contributed by atoms with E-state index >= 15 is 0 Å². The Labute approximate surface area is 173 Å². The molecule has 0 spiro atoms. The van der Waals surface area contributed by atoms with E-state index in [4.69, 9.17) is 9.16 Å². The van der Waals surface area contributed by atoms with Gasteiger partial charge < -0.3 is 14.3 Å². The zero-order valence-corrected chi connectivity index (χ0v) is 20.8. The zero-order chi connectivity index (χ0) is 22.3. The number of methoxy groups -OCH3 is 1. The van der Waals surface area contributed by atoms with Gasteiger partial charge in [-0.3, -0.25) is 9.59 Å². The Morgan fingerprint density at radius 2 is 1.61 bits per heavy atom. The molecule has 0 aliphatic carbocycles. The summed E-state index contributed by atoms with van der Waals surface area (Å²) in [6.07, 6.45) is 1.10. The quantitative estimate of drug-likeness (QED) is 0.364. The van der Waals surface area contributed by atoms with E-state index in [-0.39, 0.29) is 22.7 Å². The first-order valence-electron chi connectivity index (χ1n) is 10.6. The van der Waals surface area contributed by atoms with Crippen LogP contribution in [0.2, 0.25) is 18.1 Å². The van der Waals surface area contributed by atoms with Crippen LogP contribution in [0, 0.1) is 23.7 Å². The number of aliphatic hydroxyl groups excluding tert-OH is 1. The Bertz CT molecular complexity index is 498. The van der Waals surface area contributed by atoms with Gasteiger partial charge in [-0.1, -0.05) is 41.5 Å². The normalized spacial score (nSPS) is 18.1. The Balaban J connectivity index is 4.43. The van der Waals surface area contributed by atoms with E-state index in [9.17, 15) is 14.7 Å². The van der Waals surface area contributed by atoms with Crippen LogP contribution < -0.4 is 0 Å². The third kappa shape index (κ3) is 8.74. The summed E-state index contributed by atoms with van der Waals surface area (Å²) in [5.41, 5.74) is 0. The van der Waals surface area contributed by atoms with Gasteiger partial charge in [-0.25, -0.2) is 0 Å². The Morgan fingerprint density at radius 1 is 1.07 bits per heavy atom. The van der Waals surface area contributed by atoms with E-state index in [1.165, 1.54) is 7.11 Å². The maximum Gasteiger partial charge on any atom is 0.311 e. The Morgan fingerprint density at radius 3 is 2.07 bits per heavy atom. The minimum atomic E-state index is -1.75. The van der Waals surface area contributed by atoms with Crippen LogP contribution in [-0.4, -0.2) is 45.0 Å². The minimum Gasteiger partial charge on any atom is -0.469 e. The average molecular weight is 417 g/mol. The lowest BCUT2D eigenvalue weighted by atomic mass is 9.84. The Kier molecular flexibility index (Phi) is 11.2. The highest BCUT2D eigenvalue weighted by atomic mass is 28.4. The molecule has 166 valence electrons. The average Bonchev–Trinajstić information content (AvgIpc) is 2.61. The molecule has 6 heteroatoms. The van der Waals surface area contributed by atoms with Crippen LogP contribution in [0.5, 0.6) is 0 Å². The monoisotopic (exact) mass is 416 g/mol. The number of aliphatic hydroxyl groups is 1. The number of carbonyl (C=O) groups excluding carboxylic acids is 2. The molecule has 0 radical (unpaired) electrons. The number of carbonyl (C=O) groups is 2. The molecule has 0 unspecified atom stereocenters. The van der Waals surface area contributed by atoms with Gasteiger partial charge in [0, 0.05) is 18.9 Å². The molecule has 0 fully saturated rings. The summed E-state index contributed by atoms with van der Waals surface area (Å²) >= 11 is 0. The van der Waals surface area contributed by atoms with Crippen LogP contribution in [-0.2, 0) is 18.8 Å². The van der Waals surface area contributed by atoms with Gasteiger partial charge in [-0.2, -0.15) is 0 Å². The van der Waals surface area contributed by atoms with Crippen molar-refractivity contribution in [1.29, 1.82) is 0 Å². The van der Waals surface area contributed by atoms with Crippen LogP contribution in [0.15, 0.2) is 0 Å². The molecule has 0 heterocycles. The van der Waals surface area contributed by atoms with Crippen molar-refractivity contribution in [3.05, 3.63) is 0 Å². The van der Waals surface area contributed by atoms with E-state index in [1.807, 2.05) is 13.8 Å². The van der Waals surface area contributed by atoms with Gasteiger partial charge >= 0.3 is 5.97 Å². The summed E-state index contributed by atoms with van der Waals surface area (Å²) in [4.78, 5) is 24.1. The largest absolute Gasteiger partial charge is 0.469 e. The van der Waals surface area contributed by atoms with E-state index < -0.39 is 26.3 Å². The molecule has 5 atom stereocenters. The topological polar surface area (TPSA) is 72.8 Å². The number of Topliss-reactive ketones (excluding diaryl/α,β-unsaturated/α-hetero) is 1. The van der Waals surface area contributed by atoms with Gasteiger partial charge in [0.1, 0.15) is 5.78 Å². The molecule has 0 aromatic rings. The first kappa shape index (κ1) is 27.3. The predicted octanol–water partition coefficient (Wildman–Crippen LogP) is 4.83. The highest BCUT2D eigenvalue weighted by Gasteiger charge is 2.37. The lowest BCUT2D eigenvalue weighted by Gasteiger charge is -2.37. The molecule has 0 aliphatic heterocycles. The number of hydrogen-bond acceptors (Lipinski definition) is 5. The molecule has 0 amide bonds. The Hall–Kier alpha value is -0.723. The van der Waals surface area contributed by atoms with Crippen molar-refractivity contribution in [3.63, 3.8) is 0 Å². The second-order valence-electron chi connectivity index (χ2n) is 10.1. The molecule has 0 aromatic heterocycles. The maximum absolute atomic E-state index is 12.5. The summed E-state index contributed by atoms with van der Waals surface area (Å²) in [7, 11) is -0.436. The molecule has 5 nitrogen and oxygen atoms in total. The van der Waals surface area contributed by atoms with Crippen molar-refractivity contribution in [1.82, 2.24) is 0 Å². The number of hydrogen-bond donors (Lipinski definition) is 1. The van der Waals surface area contributed by atoms with Crippen LogP contribution in [0.1, 0.15) is 67.7 Å². The molecular formula is C22H44O5Si. The molecule has 0 saturated carbocycles. The maximum atomic E-state index is 12.5. The summed E-state index contributed by atoms with van der Waals surface area (Å²) in [6.45, 7) is 19.4. The molecule has 0 aromatic carbocycles. The van der Waals surface area contributed by atoms with Gasteiger partial charge in [-0.05, 0) is 49.7 Å². The SMILES string of the molecule is COC(=O)[C@H](C)[C@@H](O)[C@@H](C)C[C@H](C)C(=O)CC[C@H](C)CO[Si](C)(C)C(C)(C)C. The van der Waals surface area contributed by atoms with Crippen LogP contribution in [0.4, 0.5) is 0 Å². The summed E-state index contributed by atoms with van der Waals surface area (Å²) < 4.78 is 10.9. The highest BCUT2D eigenvalue weighted by molar-refractivity contribution is 6.74. The van der Waals surface area contributed by atoms with Crippen molar-refractivity contribution >= 4 is 20.1 Å². The first-order chi connectivity index (χ1) is 12.6. The molecule has 0 rings (SSSR count). The van der Waals surface area contributed by atoms with Crippen LogP contribution >= 0.6 is 0 Å². The molecule has 28 heavy (non-hydrogen) atoms. The third-order valence-electron chi connectivity index (χ3n) is 6.36. The van der Waals surface area contributed by atoms with Gasteiger partial charge in [0.25, 0.3) is 0 Å². The van der Waals surface area contributed by atoms with E-state index in [0.717, 1.165) is 6.42 Å². The van der Waals surface area contributed by atoms with E-state index in [0.29, 0.717) is 25.4 Å². The van der Waals surface area contributed by atoms with Crippen molar-refractivity contribution in [2.75, 3.05) is 13.7 Å². The van der Waals surface area contributed by atoms with Crippen molar-refractivity contribution in [3.8, 4) is 0 Å². The standard InChI is InChI=1S/C22H44O5Si/c1-15(14-27-28(9,10)22(5,6)7)11-12-19(23)16(2)13-17(3)20(24)18(4)21(25)26-8/h15-18,20,24H,11-14H2,1-10H3/t15-,16-,17-,18+,20-/m0/s1. The fourth-order valence-corrected chi connectivity index (χ4v) is 4.07. The van der Waals surface area contributed by atoms with E-state index in [2.05, 4.69) is 40.8 Å². The number of ether oxygens (including phenoxy) is 1. The van der Waals surface area contributed by atoms with Crippen molar-refractivity contribution in [2.45, 2.75) is 92.0 Å². The molecule has 0 aliphatic rings. The summed E-state index contributed by atoms with van der Waals surface area (Å²) in [5, 5.41) is 10.5. The molecular weight excluding hydrogens is 372 g/mol. The molecule has 0 bridgehead atoms. The highest BCUT2D eigenvalue weighted by Crippen LogP contribution is 2.37. The van der Waals surface area contributed by atoms with Gasteiger partial charge in [-0.15, -0.1) is 0 Å². The van der Waals surface area contributed by atoms with Crippen molar-refractivity contribution < 1.29 is 23.9 Å². The first-order valence-corrected chi connectivity index (χ1v) is 13.5. The zero-order valence-electron chi connectivity index (χ0n) is 19.8. The second kappa shape index (κ2) is 11.5. The number of esters is 1. The second-order valence-corrected chi connectivity index (χ2v) is 14.9. The summed E-state index contributed by atoms with van der Waals surface area (Å²) in [6, 6.07) is 0. The fourth-order valence-electron chi connectivity index (χ4n) is 2.93. The fraction of sp³-hybridized carbons (Fsp3) is 0.909. The smallest absolute Gasteiger partial charge is 0.311 e. The number of rotatable bonds is 12. The minimum absolute atomic E-state index is 0.136.